The van der Waals surface area contributed by atoms with Gasteiger partial charge in [0.05, 0.1) is 17.9 Å². The van der Waals surface area contributed by atoms with E-state index in [0.29, 0.717) is 11.5 Å². The highest BCUT2D eigenvalue weighted by atomic mass is 19.4. The van der Waals surface area contributed by atoms with Crippen molar-refractivity contribution in [2.45, 2.75) is 44.2 Å². The molecule has 1 saturated carbocycles. The molecule has 1 aliphatic carbocycles. The molecule has 5 rings (SSSR count). The minimum absolute atomic E-state index is 0.0880. The number of alkyl halides is 4. The number of fused-ring (bicyclic) bond motifs is 1. The van der Waals surface area contributed by atoms with Gasteiger partial charge in [0.1, 0.15) is 12.2 Å². The standard InChI is InChI=1S/C23H19F4N5O2/c1-13-7-8-28-20-19(13)14(2)31(12-29-20)11-18-30-32(21(33)34-18)17-9-22(24,10-17)15-3-5-16(6-4-15)23(25,26)27/h3-8,12,17H,2,9-11H2,1H3/t17-,22-. The molecule has 0 spiro atoms. The summed E-state index contributed by atoms with van der Waals surface area (Å²) in [6.45, 7) is 6.08. The van der Waals surface area contributed by atoms with Gasteiger partial charge >= 0.3 is 11.9 Å². The molecule has 2 aromatic heterocycles. The van der Waals surface area contributed by atoms with Gasteiger partial charge in [-0.05, 0) is 36.2 Å². The summed E-state index contributed by atoms with van der Waals surface area (Å²) in [5.74, 6) is -0.0778. The molecule has 7 nitrogen and oxygen atoms in total. The van der Waals surface area contributed by atoms with Gasteiger partial charge in [-0.15, -0.1) is 5.10 Å². The van der Waals surface area contributed by atoms with Crippen LogP contribution in [0.25, 0.3) is 5.70 Å². The van der Waals surface area contributed by atoms with Gasteiger partial charge in [-0.1, -0.05) is 18.7 Å². The minimum atomic E-state index is -4.49. The summed E-state index contributed by atoms with van der Waals surface area (Å²) in [7, 11) is 0. The average Bonchev–Trinajstić information content (AvgIpc) is 3.12. The average molecular weight is 473 g/mol. The van der Waals surface area contributed by atoms with Crippen LogP contribution in [0.15, 0.2) is 57.3 Å². The summed E-state index contributed by atoms with van der Waals surface area (Å²) in [4.78, 5) is 22.5. The van der Waals surface area contributed by atoms with Crippen LogP contribution in [0.5, 0.6) is 0 Å². The quantitative estimate of drug-likeness (QED) is 0.504. The SMILES string of the molecule is C=C1c2c(C)ccnc2N=CN1Cc1nn([C@H]2C[C@@](F)(c3ccc(C(F)(F)F)cc3)C2)c(=O)o1. The van der Waals surface area contributed by atoms with E-state index < -0.39 is 29.2 Å². The molecule has 0 atom stereocenters. The first-order valence-corrected chi connectivity index (χ1v) is 10.5. The third-order valence-electron chi connectivity index (χ3n) is 6.20. The van der Waals surface area contributed by atoms with E-state index in [0.717, 1.165) is 40.1 Å². The van der Waals surface area contributed by atoms with Gasteiger partial charge in [0, 0.05) is 30.3 Å². The first-order chi connectivity index (χ1) is 16.0. The number of aryl methyl sites for hydroxylation is 1. The molecule has 0 saturated heterocycles. The van der Waals surface area contributed by atoms with Crippen molar-refractivity contribution in [1.29, 1.82) is 0 Å². The predicted molar refractivity (Wildman–Crippen MR) is 115 cm³/mol. The van der Waals surface area contributed by atoms with Gasteiger partial charge in [0.25, 0.3) is 0 Å². The van der Waals surface area contributed by atoms with Crippen molar-refractivity contribution in [2.75, 3.05) is 0 Å². The highest BCUT2D eigenvalue weighted by Crippen LogP contribution is 2.51. The number of hydrogen-bond acceptors (Lipinski definition) is 6. The zero-order valence-electron chi connectivity index (χ0n) is 18.0. The summed E-state index contributed by atoms with van der Waals surface area (Å²) in [6.07, 6.45) is -1.50. The van der Waals surface area contributed by atoms with Crippen LogP contribution in [-0.4, -0.2) is 26.0 Å². The molecule has 3 heterocycles. The Bertz CT molecular complexity index is 1350. The van der Waals surface area contributed by atoms with Crippen LogP contribution in [-0.2, 0) is 18.4 Å². The number of benzene rings is 1. The molecule has 0 radical (unpaired) electrons. The number of aromatic nitrogens is 3. The molecule has 2 aliphatic rings. The van der Waals surface area contributed by atoms with Gasteiger partial charge in [-0.3, -0.25) is 0 Å². The monoisotopic (exact) mass is 473 g/mol. The molecule has 0 unspecified atom stereocenters. The Morgan fingerprint density at radius 1 is 1.21 bits per heavy atom. The Hall–Kier alpha value is -3.76. The van der Waals surface area contributed by atoms with Crippen LogP contribution in [0.3, 0.4) is 0 Å². The normalized spacial score (nSPS) is 22.0. The van der Waals surface area contributed by atoms with E-state index in [1.807, 2.05) is 13.0 Å². The van der Waals surface area contributed by atoms with E-state index in [1.165, 1.54) is 6.34 Å². The second-order valence-electron chi connectivity index (χ2n) is 8.45. The maximum absolute atomic E-state index is 15.2. The summed E-state index contributed by atoms with van der Waals surface area (Å²) in [5, 5.41) is 4.21. The maximum Gasteiger partial charge on any atom is 0.437 e. The van der Waals surface area contributed by atoms with Crippen molar-refractivity contribution < 1.29 is 22.0 Å². The van der Waals surface area contributed by atoms with Crippen molar-refractivity contribution in [3.8, 4) is 0 Å². The molecule has 1 fully saturated rings. The molecule has 0 amide bonds. The Morgan fingerprint density at radius 2 is 1.91 bits per heavy atom. The van der Waals surface area contributed by atoms with Crippen molar-refractivity contribution in [1.82, 2.24) is 19.7 Å². The number of nitrogens with zero attached hydrogens (tertiary/aromatic N) is 5. The van der Waals surface area contributed by atoms with Gasteiger partial charge in [-0.2, -0.15) is 17.9 Å². The summed E-state index contributed by atoms with van der Waals surface area (Å²) in [6, 6.07) is 5.24. The van der Waals surface area contributed by atoms with Gasteiger partial charge in [-0.25, -0.2) is 19.2 Å². The second-order valence-corrected chi connectivity index (χ2v) is 8.45. The molecular formula is C23H19F4N5O2. The van der Waals surface area contributed by atoms with Crippen LogP contribution < -0.4 is 5.76 Å². The lowest BCUT2D eigenvalue weighted by molar-refractivity contribution is -0.137. The molecule has 0 bridgehead atoms. The summed E-state index contributed by atoms with van der Waals surface area (Å²) in [5.41, 5.74) is -0.191. The zero-order valence-corrected chi connectivity index (χ0v) is 18.0. The van der Waals surface area contributed by atoms with Crippen LogP contribution >= 0.6 is 0 Å². The Labute approximate surface area is 191 Å². The second kappa shape index (κ2) is 7.64. The lowest BCUT2D eigenvalue weighted by Gasteiger charge is -2.40. The fourth-order valence-corrected chi connectivity index (χ4v) is 4.30. The van der Waals surface area contributed by atoms with Crippen molar-refractivity contribution >= 4 is 17.9 Å². The number of hydrogen-bond donors (Lipinski definition) is 0. The lowest BCUT2D eigenvalue weighted by Crippen LogP contribution is -2.42. The molecule has 11 heteroatoms. The van der Waals surface area contributed by atoms with Gasteiger partial charge in [0.15, 0.2) is 5.82 Å². The Kier molecular flexibility index (Phi) is 4.96. The minimum Gasteiger partial charge on any atom is -0.390 e. The summed E-state index contributed by atoms with van der Waals surface area (Å²) < 4.78 is 59.9. The highest BCUT2D eigenvalue weighted by Gasteiger charge is 2.49. The molecule has 1 aromatic carbocycles. The smallest absolute Gasteiger partial charge is 0.390 e. The van der Waals surface area contributed by atoms with Crippen molar-refractivity contribution in [2.24, 2.45) is 4.99 Å². The lowest BCUT2D eigenvalue weighted by atomic mass is 9.73. The third-order valence-corrected chi connectivity index (χ3v) is 6.20. The van der Waals surface area contributed by atoms with E-state index >= 15 is 4.39 Å². The largest absolute Gasteiger partial charge is 0.437 e. The fraction of sp³-hybridized carbons (Fsp3) is 0.304. The van der Waals surface area contributed by atoms with E-state index in [9.17, 15) is 18.0 Å². The Morgan fingerprint density at radius 3 is 2.59 bits per heavy atom. The van der Waals surface area contributed by atoms with Crippen molar-refractivity contribution in [3.05, 3.63) is 81.8 Å². The maximum atomic E-state index is 15.2. The first-order valence-electron chi connectivity index (χ1n) is 10.5. The number of halogens is 4. The van der Waals surface area contributed by atoms with E-state index in [1.54, 1.807) is 11.1 Å². The zero-order chi connectivity index (χ0) is 24.3. The van der Waals surface area contributed by atoms with Crippen LogP contribution in [0.2, 0.25) is 0 Å². The van der Waals surface area contributed by atoms with Gasteiger partial charge in [0.2, 0.25) is 5.89 Å². The number of pyridine rings is 1. The van der Waals surface area contributed by atoms with E-state index in [4.69, 9.17) is 4.42 Å². The third kappa shape index (κ3) is 3.70. The van der Waals surface area contributed by atoms with E-state index in [2.05, 4.69) is 21.7 Å². The topological polar surface area (TPSA) is 76.5 Å². The van der Waals surface area contributed by atoms with Crippen molar-refractivity contribution in [3.63, 3.8) is 0 Å². The molecule has 3 aromatic rings. The molecule has 176 valence electrons. The van der Waals surface area contributed by atoms with Crippen LogP contribution in [0.4, 0.5) is 23.4 Å². The fourth-order valence-electron chi connectivity index (χ4n) is 4.30. The first kappa shape index (κ1) is 22.1. The predicted octanol–water partition coefficient (Wildman–Crippen LogP) is 4.90. The molecule has 0 N–H and O–H groups in total. The highest BCUT2D eigenvalue weighted by molar-refractivity contribution is 5.86. The van der Waals surface area contributed by atoms with Crippen LogP contribution in [0, 0.1) is 6.92 Å². The number of aliphatic imine (C=N–C) groups is 1. The molecule has 34 heavy (non-hydrogen) atoms. The molecular weight excluding hydrogens is 454 g/mol. The Balaban J connectivity index is 1.29. The van der Waals surface area contributed by atoms with E-state index in [-0.39, 0.29) is 30.8 Å². The van der Waals surface area contributed by atoms with Gasteiger partial charge < -0.3 is 9.32 Å². The number of rotatable bonds is 4. The summed E-state index contributed by atoms with van der Waals surface area (Å²) >= 11 is 0. The van der Waals surface area contributed by atoms with Crippen LogP contribution in [0.1, 0.15) is 47.0 Å². The molecule has 1 aliphatic heterocycles.